The number of ether oxygens (including phenoxy) is 1. The van der Waals surface area contributed by atoms with Crippen molar-refractivity contribution >= 4 is 12.0 Å². The van der Waals surface area contributed by atoms with Gasteiger partial charge in [-0.05, 0) is 18.1 Å². The zero-order valence-corrected chi connectivity index (χ0v) is 17.2. The Balaban J connectivity index is 1.65. The van der Waals surface area contributed by atoms with Gasteiger partial charge in [-0.2, -0.15) is 0 Å². The topological polar surface area (TPSA) is 53.1 Å². The van der Waals surface area contributed by atoms with Crippen molar-refractivity contribution in [1.29, 1.82) is 0 Å². The van der Waals surface area contributed by atoms with Crippen molar-refractivity contribution < 1.29 is 14.3 Å². The van der Waals surface area contributed by atoms with Crippen LogP contribution in [-0.4, -0.2) is 73.1 Å². The molecule has 0 bridgehead atoms. The third-order valence-corrected chi connectivity index (χ3v) is 5.27. The normalized spacial score (nSPS) is 14.7. The van der Waals surface area contributed by atoms with Gasteiger partial charge in [0.15, 0.2) is 0 Å². The summed E-state index contributed by atoms with van der Waals surface area (Å²) in [7, 11) is 1.86. The van der Waals surface area contributed by atoms with Gasteiger partial charge in [0, 0.05) is 33.2 Å². The van der Waals surface area contributed by atoms with Crippen LogP contribution in [0.3, 0.4) is 0 Å². The van der Waals surface area contributed by atoms with Crippen LogP contribution in [0.25, 0.3) is 0 Å². The highest BCUT2D eigenvalue weighted by atomic mass is 16.6. The van der Waals surface area contributed by atoms with Gasteiger partial charge in [-0.1, -0.05) is 60.7 Å². The molecule has 3 rings (SSSR count). The minimum atomic E-state index is -0.274. The van der Waals surface area contributed by atoms with E-state index in [1.807, 2.05) is 48.3 Å². The van der Waals surface area contributed by atoms with E-state index in [0.29, 0.717) is 39.3 Å². The number of hydrogen-bond donors (Lipinski definition) is 0. The summed E-state index contributed by atoms with van der Waals surface area (Å²) in [6, 6.07) is 20.0. The summed E-state index contributed by atoms with van der Waals surface area (Å²) in [4.78, 5) is 30.6. The minimum absolute atomic E-state index is 0.0623. The van der Waals surface area contributed by atoms with Crippen molar-refractivity contribution in [2.45, 2.75) is 13.0 Å². The highest BCUT2D eigenvalue weighted by Gasteiger charge is 2.27. The molecule has 154 valence electrons. The molecule has 1 fully saturated rings. The molecule has 2 amide bonds. The molecule has 1 aliphatic heterocycles. The Labute approximate surface area is 172 Å². The van der Waals surface area contributed by atoms with Gasteiger partial charge in [0.2, 0.25) is 5.91 Å². The van der Waals surface area contributed by atoms with Crippen LogP contribution in [0, 0.1) is 0 Å². The maximum absolute atomic E-state index is 13.1. The summed E-state index contributed by atoms with van der Waals surface area (Å²) in [5.74, 6) is 0.0623. The lowest BCUT2D eigenvalue weighted by Gasteiger charge is -2.35. The molecule has 6 heteroatoms. The fraction of sp³-hybridized carbons (Fsp3) is 0.391. The lowest BCUT2D eigenvalue weighted by Crippen LogP contribution is -2.51. The molecule has 0 aliphatic carbocycles. The summed E-state index contributed by atoms with van der Waals surface area (Å²) in [6.07, 6.45) is -0.274. The third kappa shape index (κ3) is 5.35. The SMILES string of the molecule is CCOC(=O)N1CCN(CC(=O)N(C)C(c2ccccc2)c2ccccc2)CC1. The number of hydrogen-bond acceptors (Lipinski definition) is 4. The molecular weight excluding hydrogens is 366 g/mol. The average Bonchev–Trinajstić information content (AvgIpc) is 2.76. The molecule has 0 unspecified atom stereocenters. The highest BCUT2D eigenvalue weighted by Crippen LogP contribution is 2.27. The number of rotatable bonds is 6. The summed E-state index contributed by atoms with van der Waals surface area (Å²) in [6.45, 7) is 5.01. The smallest absolute Gasteiger partial charge is 0.409 e. The number of carbonyl (C=O) groups excluding carboxylic acids is 2. The number of amides is 2. The standard InChI is InChI=1S/C23H29N3O3/c1-3-29-23(28)26-16-14-25(15-17-26)18-21(27)24(2)22(19-10-6-4-7-11-19)20-12-8-5-9-13-20/h4-13,22H,3,14-18H2,1-2H3. The quantitative estimate of drug-likeness (QED) is 0.755. The summed E-state index contributed by atoms with van der Waals surface area (Å²) >= 11 is 0. The van der Waals surface area contributed by atoms with Gasteiger partial charge in [0.1, 0.15) is 0 Å². The van der Waals surface area contributed by atoms with Crippen molar-refractivity contribution in [3.63, 3.8) is 0 Å². The number of carbonyl (C=O) groups is 2. The van der Waals surface area contributed by atoms with Crippen LogP contribution < -0.4 is 0 Å². The molecular formula is C23H29N3O3. The first-order valence-corrected chi connectivity index (χ1v) is 10.1. The van der Waals surface area contributed by atoms with Gasteiger partial charge in [-0.25, -0.2) is 4.79 Å². The largest absolute Gasteiger partial charge is 0.450 e. The predicted molar refractivity (Wildman–Crippen MR) is 113 cm³/mol. The molecule has 1 aliphatic rings. The van der Waals surface area contributed by atoms with Crippen LogP contribution in [-0.2, 0) is 9.53 Å². The van der Waals surface area contributed by atoms with Gasteiger partial charge in [-0.3, -0.25) is 9.69 Å². The summed E-state index contributed by atoms with van der Waals surface area (Å²) < 4.78 is 5.06. The first-order valence-electron chi connectivity index (χ1n) is 10.1. The number of benzene rings is 2. The molecule has 2 aromatic rings. The lowest BCUT2D eigenvalue weighted by molar-refractivity contribution is -0.133. The fourth-order valence-corrected chi connectivity index (χ4v) is 3.66. The van der Waals surface area contributed by atoms with E-state index in [0.717, 1.165) is 11.1 Å². The molecule has 1 heterocycles. The van der Waals surface area contributed by atoms with Crippen LogP contribution in [0.5, 0.6) is 0 Å². The maximum atomic E-state index is 13.1. The zero-order valence-electron chi connectivity index (χ0n) is 17.2. The average molecular weight is 396 g/mol. The Morgan fingerprint density at radius 2 is 1.45 bits per heavy atom. The van der Waals surface area contributed by atoms with Crippen LogP contribution in [0.15, 0.2) is 60.7 Å². The van der Waals surface area contributed by atoms with E-state index in [9.17, 15) is 9.59 Å². The van der Waals surface area contributed by atoms with Gasteiger partial charge < -0.3 is 14.5 Å². The predicted octanol–water partition coefficient (Wildman–Crippen LogP) is 3.01. The van der Waals surface area contributed by atoms with E-state index in [2.05, 4.69) is 29.2 Å². The van der Waals surface area contributed by atoms with Crippen LogP contribution in [0.1, 0.15) is 24.1 Å². The van der Waals surface area contributed by atoms with Gasteiger partial charge >= 0.3 is 6.09 Å². The van der Waals surface area contributed by atoms with Gasteiger partial charge in [0.05, 0.1) is 19.2 Å². The highest BCUT2D eigenvalue weighted by molar-refractivity contribution is 5.79. The molecule has 0 radical (unpaired) electrons. The van der Waals surface area contributed by atoms with E-state index in [1.54, 1.807) is 11.8 Å². The zero-order chi connectivity index (χ0) is 20.6. The summed E-state index contributed by atoms with van der Waals surface area (Å²) in [5, 5.41) is 0. The second-order valence-electron chi connectivity index (χ2n) is 7.19. The van der Waals surface area contributed by atoms with Gasteiger partial charge in [-0.15, -0.1) is 0 Å². The van der Waals surface area contributed by atoms with Crippen LogP contribution >= 0.6 is 0 Å². The Hall–Kier alpha value is -2.86. The Kier molecular flexibility index (Phi) is 7.25. The van der Waals surface area contributed by atoms with E-state index >= 15 is 0 Å². The van der Waals surface area contributed by atoms with E-state index in [-0.39, 0.29) is 18.0 Å². The second-order valence-corrected chi connectivity index (χ2v) is 7.19. The molecule has 6 nitrogen and oxygen atoms in total. The Morgan fingerprint density at radius 1 is 0.931 bits per heavy atom. The van der Waals surface area contributed by atoms with Crippen molar-refractivity contribution in [2.24, 2.45) is 0 Å². The number of likely N-dealkylation sites (N-methyl/N-ethyl adjacent to an activating group) is 1. The molecule has 0 saturated carbocycles. The minimum Gasteiger partial charge on any atom is -0.450 e. The Bertz CT molecular complexity index is 750. The van der Waals surface area contributed by atoms with Crippen molar-refractivity contribution in [1.82, 2.24) is 14.7 Å². The van der Waals surface area contributed by atoms with Crippen molar-refractivity contribution in [3.8, 4) is 0 Å². The fourth-order valence-electron chi connectivity index (χ4n) is 3.66. The molecule has 1 saturated heterocycles. The monoisotopic (exact) mass is 395 g/mol. The van der Waals surface area contributed by atoms with Crippen molar-refractivity contribution in [3.05, 3.63) is 71.8 Å². The lowest BCUT2D eigenvalue weighted by atomic mass is 9.97. The van der Waals surface area contributed by atoms with Crippen LogP contribution in [0.4, 0.5) is 4.79 Å². The molecule has 0 N–H and O–H groups in total. The first-order chi connectivity index (χ1) is 14.1. The number of piperazine rings is 1. The molecule has 0 atom stereocenters. The molecule has 0 aromatic heterocycles. The second kappa shape index (κ2) is 10.1. The van der Waals surface area contributed by atoms with E-state index in [4.69, 9.17) is 4.74 Å². The molecule has 29 heavy (non-hydrogen) atoms. The number of nitrogens with zero attached hydrogens (tertiary/aromatic N) is 3. The van der Waals surface area contributed by atoms with E-state index in [1.165, 1.54) is 0 Å². The molecule has 0 spiro atoms. The summed E-state index contributed by atoms with van der Waals surface area (Å²) in [5.41, 5.74) is 2.17. The van der Waals surface area contributed by atoms with Gasteiger partial charge in [0.25, 0.3) is 0 Å². The molecule has 2 aromatic carbocycles. The third-order valence-electron chi connectivity index (χ3n) is 5.27. The maximum Gasteiger partial charge on any atom is 0.409 e. The van der Waals surface area contributed by atoms with E-state index < -0.39 is 0 Å². The Morgan fingerprint density at radius 3 is 1.93 bits per heavy atom. The van der Waals surface area contributed by atoms with Crippen molar-refractivity contribution in [2.75, 3.05) is 46.4 Å². The van der Waals surface area contributed by atoms with Crippen LogP contribution in [0.2, 0.25) is 0 Å². The first kappa shape index (κ1) is 20.9.